The number of benzene rings is 2. The first-order valence-corrected chi connectivity index (χ1v) is 9.63. The summed E-state index contributed by atoms with van der Waals surface area (Å²) in [6.07, 6.45) is 0.774. The van der Waals surface area contributed by atoms with E-state index >= 15 is 0 Å². The van der Waals surface area contributed by atoms with Gasteiger partial charge in [-0.15, -0.1) is 0 Å². The van der Waals surface area contributed by atoms with Crippen molar-refractivity contribution in [1.82, 2.24) is 9.80 Å². The van der Waals surface area contributed by atoms with Crippen molar-refractivity contribution in [2.75, 3.05) is 38.0 Å². The zero-order valence-corrected chi connectivity index (χ0v) is 16.5. The smallest absolute Gasteiger partial charge is 0.253 e. The first-order valence-electron chi connectivity index (χ1n) is 9.25. The molecule has 2 amide bonds. The minimum Gasteiger partial charge on any atom is -0.337 e. The van der Waals surface area contributed by atoms with E-state index in [0.717, 1.165) is 12.0 Å². The van der Waals surface area contributed by atoms with Crippen molar-refractivity contribution in [3.8, 4) is 0 Å². The summed E-state index contributed by atoms with van der Waals surface area (Å²) < 4.78 is 13.8. The molecule has 0 atom stereocenters. The molecule has 0 aliphatic carbocycles. The van der Waals surface area contributed by atoms with E-state index in [1.807, 2.05) is 41.0 Å². The molecular weight excluding hydrogens is 381 g/mol. The number of anilines is 1. The van der Waals surface area contributed by atoms with Crippen LogP contribution in [0.25, 0.3) is 0 Å². The lowest BCUT2D eigenvalue weighted by molar-refractivity contribution is -0.117. The lowest BCUT2D eigenvalue weighted by atomic mass is 10.1. The average Bonchev–Trinajstić information content (AvgIpc) is 2.89. The molecule has 1 fully saturated rings. The Morgan fingerprint density at radius 2 is 1.93 bits per heavy atom. The molecule has 7 heteroatoms. The molecule has 0 radical (unpaired) electrons. The summed E-state index contributed by atoms with van der Waals surface area (Å²) in [5.41, 5.74) is 1.80. The molecule has 1 aliphatic rings. The van der Waals surface area contributed by atoms with Crippen LogP contribution in [0.15, 0.2) is 42.5 Å². The summed E-state index contributed by atoms with van der Waals surface area (Å²) in [5.74, 6) is -0.820. The lowest BCUT2D eigenvalue weighted by Gasteiger charge is -2.22. The van der Waals surface area contributed by atoms with Gasteiger partial charge >= 0.3 is 0 Å². The van der Waals surface area contributed by atoms with Crippen LogP contribution in [0.4, 0.5) is 10.1 Å². The highest BCUT2D eigenvalue weighted by Crippen LogP contribution is 2.19. The molecule has 0 unspecified atom stereocenters. The van der Waals surface area contributed by atoms with E-state index in [1.54, 1.807) is 0 Å². The van der Waals surface area contributed by atoms with Crippen molar-refractivity contribution in [3.63, 3.8) is 0 Å². The maximum absolute atomic E-state index is 13.8. The predicted octanol–water partition coefficient (Wildman–Crippen LogP) is 3.57. The topological polar surface area (TPSA) is 52.7 Å². The number of hydrogen-bond donors (Lipinski definition) is 1. The van der Waals surface area contributed by atoms with Crippen molar-refractivity contribution >= 4 is 29.1 Å². The zero-order valence-electron chi connectivity index (χ0n) is 15.8. The number of hydrogen-bond acceptors (Lipinski definition) is 3. The lowest BCUT2D eigenvalue weighted by Crippen LogP contribution is -2.38. The minimum atomic E-state index is -0.524. The first kappa shape index (κ1) is 20.3. The minimum absolute atomic E-state index is 0.0102. The highest BCUT2D eigenvalue weighted by Gasteiger charge is 2.21. The van der Waals surface area contributed by atoms with E-state index in [-0.39, 0.29) is 24.0 Å². The number of halogens is 2. The maximum atomic E-state index is 13.8. The van der Waals surface area contributed by atoms with E-state index in [0.29, 0.717) is 36.8 Å². The van der Waals surface area contributed by atoms with Crippen LogP contribution in [0.5, 0.6) is 0 Å². The Kier molecular flexibility index (Phi) is 6.65. The molecule has 3 rings (SSSR count). The Balaban J connectivity index is 1.55. The highest BCUT2D eigenvalue weighted by molar-refractivity contribution is 6.30. The van der Waals surface area contributed by atoms with Gasteiger partial charge in [-0.25, -0.2) is 4.39 Å². The fourth-order valence-corrected chi connectivity index (χ4v) is 3.45. The van der Waals surface area contributed by atoms with E-state index in [1.165, 1.54) is 18.2 Å². The van der Waals surface area contributed by atoms with Crippen LogP contribution < -0.4 is 5.32 Å². The van der Waals surface area contributed by atoms with Gasteiger partial charge in [-0.2, -0.15) is 0 Å². The van der Waals surface area contributed by atoms with Crippen LogP contribution >= 0.6 is 11.6 Å². The van der Waals surface area contributed by atoms with Crippen LogP contribution in [0.1, 0.15) is 22.3 Å². The van der Waals surface area contributed by atoms with Gasteiger partial charge in [0.25, 0.3) is 5.91 Å². The third kappa shape index (κ3) is 5.30. The Hall–Kier alpha value is -2.44. The third-order valence-electron chi connectivity index (χ3n) is 4.71. The van der Waals surface area contributed by atoms with Crippen LogP contribution in [0, 0.1) is 12.7 Å². The number of amides is 2. The Morgan fingerprint density at radius 1 is 1.11 bits per heavy atom. The molecule has 5 nitrogen and oxygen atoms in total. The van der Waals surface area contributed by atoms with Gasteiger partial charge in [0.2, 0.25) is 5.91 Å². The fourth-order valence-electron chi connectivity index (χ4n) is 3.28. The molecule has 148 valence electrons. The van der Waals surface area contributed by atoms with Gasteiger partial charge in [-0.05, 0) is 43.7 Å². The van der Waals surface area contributed by atoms with Gasteiger partial charge in [-0.1, -0.05) is 29.3 Å². The molecule has 1 aliphatic heterocycles. The van der Waals surface area contributed by atoms with Crippen LogP contribution in [-0.2, 0) is 4.79 Å². The van der Waals surface area contributed by atoms with Gasteiger partial charge in [0, 0.05) is 36.8 Å². The summed E-state index contributed by atoms with van der Waals surface area (Å²) in [5, 5.41) is 2.92. The Bertz CT molecular complexity index is 874. The molecule has 2 aromatic rings. The molecule has 0 bridgehead atoms. The maximum Gasteiger partial charge on any atom is 0.253 e. The second kappa shape index (κ2) is 9.17. The molecule has 2 aromatic carbocycles. The fraction of sp³-hybridized carbons (Fsp3) is 0.333. The quantitative estimate of drug-likeness (QED) is 0.849. The molecule has 1 N–H and O–H groups in total. The van der Waals surface area contributed by atoms with Crippen LogP contribution in [0.3, 0.4) is 0 Å². The van der Waals surface area contributed by atoms with Crippen molar-refractivity contribution < 1.29 is 14.0 Å². The second-order valence-electron chi connectivity index (χ2n) is 6.96. The van der Waals surface area contributed by atoms with E-state index in [9.17, 15) is 14.0 Å². The van der Waals surface area contributed by atoms with Gasteiger partial charge in [0.1, 0.15) is 5.82 Å². The molecule has 28 heavy (non-hydrogen) atoms. The number of carbonyl (C=O) groups excluding carboxylic acids is 2. The SMILES string of the molecule is Cc1cccc(C(=O)N2CCCN(CC(=O)Nc3cc(Cl)ccc3F)CC2)c1. The largest absolute Gasteiger partial charge is 0.337 e. The normalized spacial score (nSPS) is 15.2. The number of nitrogens with one attached hydrogen (secondary N) is 1. The summed E-state index contributed by atoms with van der Waals surface area (Å²) >= 11 is 5.85. The second-order valence-corrected chi connectivity index (χ2v) is 7.40. The number of aryl methyl sites for hydroxylation is 1. The average molecular weight is 404 g/mol. The number of rotatable bonds is 4. The van der Waals surface area contributed by atoms with Crippen molar-refractivity contribution in [1.29, 1.82) is 0 Å². The number of nitrogens with zero attached hydrogens (tertiary/aromatic N) is 2. The standard InChI is InChI=1S/C21H23ClFN3O2/c1-15-4-2-5-16(12-15)21(28)26-9-3-8-25(10-11-26)14-20(27)24-19-13-17(22)6-7-18(19)23/h2,4-7,12-13H,3,8-11,14H2,1H3,(H,24,27). The highest BCUT2D eigenvalue weighted by atomic mass is 35.5. The van der Waals surface area contributed by atoms with E-state index < -0.39 is 5.82 Å². The summed E-state index contributed by atoms with van der Waals surface area (Å²) in [6.45, 7) is 4.58. The van der Waals surface area contributed by atoms with Crippen molar-refractivity contribution in [2.24, 2.45) is 0 Å². The van der Waals surface area contributed by atoms with E-state index in [4.69, 9.17) is 11.6 Å². The van der Waals surface area contributed by atoms with E-state index in [2.05, 4.69) is 5.32 Å². The van der Waals surface area contributed by atoms with Crippen molar-refractivity contribution in [3.05, 3.63) is 64.4 Å². The van der Waals surface area contributed by atoms with Gasteiger partial charge in [0.05, 0.1) is 12.2 Å². The first-order chi connectivity index (χ1) is 13.4. The van der Waals surface area contributed by atoms with Gasteiger partial charge in [0.15, 0.2) is 0 Å². The summed E-state index contributed by atoms with van der Waals surface area (Å²) in [7, 11) is 0. The molecule has 0 saturated carbocycles. The predicted molar refractivity (Wildman–Crippen MR) is 108 cm³/mol. The third-order valence-corrected chi connectivity index (χ3v) is 4.95. The monoisotopic (exact) mass is 403 g/mol. The van der Waals surface area contributed by atoms with Crippen LogP contribution in [0.2, 0.25) is 5.02 Å². The molecule has 1 saturated heterocycles. The van der Waals surface area contributed by atoms with Crippen molar-refractivity contribution in [2.45, 2.75) is 13.3 Å². The van der Waals surface area contributed by atoms with Gasteiger partial charge in [-0.3, -0.25) is 14.5 Å². The van der Waals surface area contributed by atoms with Crippen LogP contribution in [-0.4, -0.2) is 54.3 Å². The van der Waals surface area contributed by atoms with Gasteiger partial charge < -0.3 is 10.2 Å². The molecule has 1 heterocycles. The molecular formula is C21H23ClFN3O2. The Morgan fingerprint density at radius 3 is 2.71 bits per heavy atom. The summed E-state index contributed by atoms with van der Waals surface area (Å²) in [6, 6.07) is 11.6. The zero-order chi connectivity index (χ0) is 20.1. The molecule has 0 aromatic heterocycles. The Labute approximate surface area is 169 Å². The molecule has 0 spiro atoms. The summed E-state index contributed by atoms with van der Waals surface area (Å²) in [4.78, 5) is 28.8. The number of carbonyl (C=O) groups is 2.